The standard InChI is InChI=1S/C27H44N4O5/c1-20-7-4-9-22(15-20)25(36-14-11-29-27(33)34-3)23-10-5-12-31(18-23)26(32)30-24(17-28-2)16-21-8-6-13-35-19-21/h4,7,9,15,21,23-25,28H,5-6,8,10-14,16-19H2,1-3H3,(H,29,33)(H,30,32)/t21-,23?,24+,25+/m1/s1. The van der Waals surface area contributed by atoms with Crippen LogP contribution in [0.1, 0.15) is 49.3 Å². The summed E-state index contributed by atoms with van der Waals surface area (Å²) in [6.07, 6.45) is 4.45. The van der Waals surface area contributed by atoms with Crippen molar-refractivity contribution < 1.29 is 23.8 Å². The third kappa shape index (κ3) is 8.94. The van der Waals surface area contributed by atoms with Gasteiger partial charge in [-0.05, 0) is 57.6 Å². The molecule has 0 saturated carbocycles. The number of likely N-dealkylation sites (tertiary alicyclic amines) is 1. The van der Waals surface area contributed by atoms with E-state index in [9.17, 15) is 9.59 Å². The van der Waals surface area contributed by atoms with Gasteiger partial charge in [-0.1, -0.05) is 29.8 Å². The van der Waals surface area contributed by atoms with Crippen LogP contribution in [-0.2, 0) is 14.2 Å². The second-order valence-corrected chi connectivity index (χ2v) is 10.00. The summed E-state index contributed by atoms with van der Waals surface area (Å²) in [4.78, 5) is 26.6. The first kappa shape index (κ1) is 28.2. The molecular formula is C27H44N4O5. The number of likely N-dealkylation sites (N-methyl/N-ethyl adjacent to an activating group) is 1. The number of piperidine rings is 1. The molecule has 9 heteroatoms. The number of nitrogens with zero attached hydrogens (tertiary/aromatic N) is 1. The average Bonchev–Trinajstić information content (AvgIpc) is 2.89. The highest BCUT2D eigenvalue weighted by Gasteiger charge is 2.32. The van der Waals surface area contributed by atoms with Crippen molar-refractivity contribution in [2.75, 3.05) is 60.2 Å². The lowest BCUT2D eigenvalue weighted by molar-refractivity contribution is -0.00876. The summed E-state index contributed by atoms with van der Waals surface area (Å²) in [6, 6.07) is 8.40. The number of hydrogen-bond acceptors (Lipinski definition) is 6. The second kappa shape index (κ2) is 15.0. The molecule has 2 aliphatic heterocycles. The van der Waals surface area contributed by atoms with Crippen molar-refractivity contribution >= 4 is 12.1 Å². The van der Waals surface area contributed by atoms with Gasteiger partial charge >= 0.3 is 12.1 Å². The van der Waals surface area contributed by atoms with Crippen molar-refractivity contribution in [2.45, 2.75) is 51.2 Å². The van der Waals surface area contributed by atoms with Crippen LogP contribution < -0.4 is 16.0 Å². The smallest absolute Gasteiger partial charge is 0.406 e. The van der Waals surface area contributed by atoms with Gasteiger partial charge in [0.2, 0.25) is 0 Å². The molecule has 3 N–H and O–H groups in total. The first-order chi connectivity index (χ1) is 17.5. The molecule has 0 aromatic heterocycles. The summed E-state index contributed by atoms with van der Waals surface area (Å²) in [7, 11) is 3.27. The number of urea groups is 1. The molecule has 2 aliphatic rings. The fourth-order valence-corrected chi connectivity index (χ4v) is 5.31. The number of hydrogen-bond donors (Lipinski definition) is 3. The van der Waals surface area contributed by atoms with Gasteiger partial charge in [0.15, 0.2) is 0 Å². The maximum absolute atomic E-state index is 13.3. The molecule has 36 heavy (non-hydrogen) atoms. The van der Waals surface area contributed by atoms with Gasteiger partial charge < -0.3 is 35.1 Å². The fraction of sp³-hybridized carbons (Fsp3) is 0.704. The second-order valence-electron chi connectivity index (χ2n) is 10.00. The molecule has 0 bridgehead atoms. The molecule has 3 rings (SSSR count). The number of carbonyl (C=O) groups excluding carboxylic acids is 2. The van der Waals surface area contributed by atoms with E-state index in [0.717, 1.165) is 64.0 Å². The monoisotopic (exact) mass is 504 g/mol. The lowest BCUT2D eigenvalue weighted by Crippen LogP contribution is -2.52. The number of rotatable bonds is 11. The zero-order valence-electron chi connectivity index (χ0n) is 22.1. The maximum Gasteiger partial charge on any atom is 0.406 e. The molecule has 1 aromatic carbocycles. The predicted molar refractivity (Wildman–Crippen MR) is 139 cm³/mol. The van der Waals surface area contributed by atoms with E-state index in [0.29, 0.717) is 25.6 Å². The van der Waals surface area contributed by atoms with E-state index >= 15 is 0 Å². The van der Waals surface area contributed by atoms with E-state index in [1.165, 1.54) is 12.7 Å². The van der Waals surface area contributed by atoms with Gasteiger partial charge in [0.25, 0.3) is 0 Å². The SMILES string of the molecule is CNC[C@H](C[C@H]1CCCOC1)NC(=O)N1CCCC([C@@H](OCCNC(=O)OC)c2cccc(C)c2)C1. The van der Waals surface area contributed by atoms with Gasteiger partial charge in [0.1, 0.15) is 0 Å². The first-order valence-corrected chi connectivity index (χ1v) is 13.3. The molecule has 4 atom stereocenters. The largest absolute Gasteiger partial charge is 0.453 e. The minimum atomic E-state index is -0.470. The highest BCUT2D eigenvalue weighted by atomic mass is 16.5. The van der Waals surface area contributed by atoms with E-state index in [2.05, 4.69) is 45.8 Å². The van der Waals surface area contributed by atoms with E-state index in [1.54, 1.807) is 0 Å². The Labute approximate surface area is 215 Å². The number of methoxy groups -OCH3 is 1. The Bertz CT molecular complexity index is 817. The Balaban J connectivity index is 1.62. The molecule has 1 aromatic rings. The normalized spacial score (nSPS) is 21.9. The lowest BCUT2D eigenvalue weighted by atomic mass is 9.88. The number of aryl methyl sites for hydroxylation is 1. The lowest BCUT2D eigenvalue weighted by Gasteiger charge is -2.38. The van der Waals surface area contributed by atoms with Crippen molar-refractivity contribution in [3.8, 4) is 0 Å². The molecule has 2 heterocycles. The van der Waals surface area contributed by atoms with Crippen molar-refractivity contribution in [1.29, 1.82) is 0 Å². The number of amides is 3. The molecule has 0 aliphatic carbocycles. The van der Waals surface area contributed by atoms with Crippen molar-refractivity contribution in [3.63, 3.8) is 0 Å². The fourth-order valence-electron chi connectivity index (χ4n) is 5.31. The summed E-state index contributed by atoms with van der Waals surface area (Å²) in [6.45, 7) is 6.53. The van der Waals surface area contributed by atoms with E-state index < -0.39 is 6.09 Å². The zero-order chi connectivity index (χ0) is 25.8. The number of benzene rings is 1. The minimum Gasteiger partial charge on any atom is -0.453 e. The van der Waals surface area contributed by atoms with E-state index in [1.807, 2.05) is 18.0 Å². The molecule has 9 nitrogen and oxygen atoms in total. The van der Waals surface area contributed by atoms with Gasteiger partial charge in [-0.2, -0.15) is 0 Å². The van der Waals surface area contributed by atoms with Crippen LogP contribution in [0.15, 0.2) is 24.3 Å². The Hall–Kier alpha value is -2.36. The average molecular weight is 505 g/mol. The topological polar surface area (TPSA) is 101 Å². The van der Waals surface area contributed by atoms with Crippen LogP contribution in [0.5, 0.6) is 0 Å². The predicted octanol–water partition coefficient (Wildman–Crippen LogP) is 3.24. The third-order valence-electron chi connectivity index (χ3n) is 7.05. The number of carbonyl (C=O) groups is 2. The van der Waals surface area contributed by atoms with Crippen LogP contribution in [0, 0.1) is 18.8 Å². The van der Waals surface area contributed by atoms with Gasteiger partial charge in [-0.25, -0.2) is 9.59 Å². The molecule has 2 fully saturated rings. The molecule has 0 spiro atoms. The zero-order valence-corrected chi connectivity index (χ0v) is 22.1. The maximum atomic E-state index is 13.3. The van der Waals surface area contributed by atoms with E-state index in [-0.39, 0.29) is 24.1 Å². The van der Waals surface area contributed by atoms with Gasteiger partial charge in [-0.15, -0.1) is 0 Å². The summed E-state index contributed by atoms with van der Waals surface area (Å²) < 4.78 is 16.6. The summed E-state index contributed by atoms with van der Waals surface area (Å²) in [5.74, 6) is 0.656. The summed E-state index contributed by atoms with van der Waals surface area (Å²) in [5, 5.41) is 9.18. The molecule has 202 valence electrons. The Morgan fingerprint density at radius 1 is 1.25 bits per heavy atom. The Morgan fingerprint density at radius 2 is 2.11 bits per heavy atom. The number of ether oxygens (including phenoxy) is 3. The number of alkyl carbamates (subject to hydrolysis) is 1. The quantitative estimate of drug-likeness (QED) is 0.400. The Morgan fingerprint density at radius 3 is 2.83 bits per heavy atom. The molecule has 0 radical (unpaired) electrons. The molecule has 3 amide bonds. The highest BCUT2D eigenvalue weighted by molar-refractivity contribution is 5.74. The summed E-state index contributed by atoms with van der Waals surface area (Å²) >= 11 is 0. The van der Waals surface area contributed by atoms with Gasteiger partial charge in [-0.3, -0.25) is 0 Å². The van der Waals surface area contributed by atoms with Crippen LogP contribution in [-0.4, -0.2) is 83.2 Å². The van der Waals surface area contributed by atoms with Crippen LogP contribution in [0.25, 0.3) is 0 Å². The Kier molecular flexibility index (Phi) is 11.8. The van der Waals surface area contributed by atoms with Crippen LogP contribution >= 0.6 is 0 Å². The van der Waals surface area contributed by atoms with Crippen molar-refractivity contribution in [1.82, 2.24) is 20.9 Å². The van der Waals surface area contributed by atoms with Crippen LogP contribution in [0.2, 0.25) is 0 Å². The van der Waals surface area contributed by atoms with E-state index in [4.69, 9.17) is 9.47 Å². The molecule has 1 unspecified atom stereocenters. The van der Waals surface area contributed by atoms with Crippen LogP contribution in [0.3, 0.4) is 0 Å². The van der Waals surface area contributed by atoms with Crippen molar-refractivity contribution in [2.24, 2.45) is 11.8 Å². The number of nitrogens with one attached hydrogen (secondary N) is 3. The summed E-state index contributed by atoms with van der Waals surface area (Å²) in [5.41, 5.74) is 2.27. The molecule has 2 saturated heterocycles. The molecular weight excluding hydrogens is 460 g/mol. The first-order valence-electron chi connectivity index (χ1n) is 13.3. The highest BCUT2D eigenvalue weighted by Crippen LogP contribution is 2.33. The van der Waals surface area contributed by atoms with Gasteiger partial charge in [0.05, 0.1) is 19.8 Å². The third-order valence-corrected chi connectivity index (χ3v) is 7.05. The van der Waals surface area contributed by atoms with Gasteiger partial charge in [0, 0.05) is 51.4 Å². The minimum absolute atomic E-state index is 0.00738. The van der Waals surface area contributed by atoms with Crippen molar-refractivity contribution in [3.05, 3.63) is 35.4 Å². The van der Waals surface area contributed by atoms with Crippen LogP contribution in [0.4, 0.5) is 9.59 Å².